The quantitative estimate of drug-likeness (QED) is 0.779. The molecule has 1 amide bonds. The van der Waals surface area contributed by atoms with Gasteiger partial charge in [-0.3, -0.25) is 9.69 Å². The van der Waals surface area contributed by atoms with Gasteiger partial charge in [-0.2, -0.15) is 0 Å². The molecule has 2 fully saturated rings. The molecule has 1 N–H and O–H groups in total. The molecule has 2 heterocycles. The molecule has 0 bridgehead atoms. The zero-order valence-electron chi connectivity index (χ0n) is 12.9. The first-order chi connectivity index (χ1) is 9.69. The standard InChI is InChI=1S/C15H29N3O2/c1-3-16-13(2)11-15(19)18-8-6-17(7-9-18)12-14-5-4-10-20-14/h13-14,16H,3-12H2,1-2H3. The summed E-state index contributed by atoms with van der Waals surface area (Å²) < 4.78 is 5.68. The molecule has 0 saturated carbocycles. The van der Waals surface area contributed by atoms with Gasteiger partial charge in [0.15, 0.2) is 0 Å². The molecule has 20 heavy (non-hydrogen) atoms. The Morgan fingerprint density at radius 2 is 2.10 bits per heavy atom. The number of hydrogen-bond donors (Lipinski definition) is 1. The Morgan fingerprint density at radius 1 is 1.35 bits per heavy atom. The Labute approximate surface area is 122 Å². The number of hydrogen-bond acceptors (Lipinski definition) is 4. The van der Waals surface area contributed by atoms with Crippen LogP contribution in [-0.2, 0) is 9.53 Å². The minimum Gasteiger partial charge on any atom is -0.377 e. The maximum absolute atomic E-state index is 12.2. The molecular formula is C15H29N3O2. The van der Waals surface area contributed by atoms with Gasteiger partial charge in [0.25, 0.3) is 0 Å². The summed E-state index contributed by atoms with van der Waals surface area (Å²) in [6.07, 6.45) is 3.43. The van der Waals surface area contributed by atoms with Gasteiger partial charge in [0.2, 0.25) is 5.91 Å². The van der Waals surface area contributed by atoms with E-state index in [2.05, 4.69) is 24.1 Å². The summed E-state index contributed by atoms with van der Waals surface area (Å²) >= 11 is 0. The largest absolute Gasteiger partial charge is 0.377 e. The molecule has 2 aliphatic heterocycles. The van der Waals surface area contributed by atoms with Gasteiger partial charge in [-0.1, -0.05) is 6.92 Å². The minimum absolute atomic E-state index is 0.275. The Kier molecular flexibility index (Phi) is 6.26. The third-order valence-corrected chi connectivity index (χ3v) is 4.24. The summed E-state index contributed by atoms with van der Waals surface area (Å²) in [6, 6.07) is 0.275. The van der Waals surface area contributed by atoms with Crippen LogP contribution in [0.5, 0.6) is 0 Å². The second kappa shape index (κ2) is 7.96. The van der Waals surface area contributed by atoms with Gasteiger partial charge >= 0.3 is 0 Å². The normalized spacial score (nSPS) is 25.9. The summed E-state index contributed by atoms with van der Waals surface area (Å²) in [5, 5.41) is 3.30. The second-order valence-electron chi connectivity index (χ2n) is 5.98. The predicted octanol–water partition coefficient (Wildman–Crippen LogP) is 0.698. The molecule has 116 valence electrons. The van der Waals surface area contributed by atoms with E-state index in [1.165, 1.54) is 12.8 Å². The van der Waals surface area contributed by atoms with Crippen molar-refractivity contribution >= 4 is 5.91 Å². The van der Waals surface area contributed by atoms with Crippen LogP contribution < -0.4 is 5.32 Å². The Morgan fingerprint density at radius 3 is 2.70 bits per heavy atom. The van der Waals surface area contributed by atoms with E-state index in [0.717, 1.165) is 45.9 Å². The third-order valence-electron chi connectivity index (χ3n) is 4.24. The molecule has 2 saturated heterocycles. The van der Waals surface area contributed by atoms with E-state index in [4.69, 9.17) is 4.74 Å². The van der Waals surface area contributed by atoms with E-state index in [1.54, 1.807) is 0 Å². The van der Waals surface area contributed by atoms with Crippen LogP contribution in [0.2, 0.25) is 0 Å². The van der Waals surface area contributed by atoms with Crippen molar-refractivity contribution in [3.8, 4) is 0 Å². The van der Waals surface area contributed by atoms with E-state index in [0.29, 0.717) is 12.5 Å². The molecule has 0 aliphatic carbocycles. The number of piperazine rings is 1. The molecule has 0 aromatic heterocycles. The second-order valence-corrected chi connectivity index (χ2v) is 5.98. The van der Waals surface area contributed by atoms with Crippen LogP contribution in [-0.4, -0.2) is 73.7 Å². The lowest BCUT2D eigenvalue weighted by Gasteiger charge is -2.36. The number of carbonyl (C=O) groups excluding carboxylic acids is 1. The van der Waals surface area contributed by atoms with Gasteiger partial charge in [0.1, 0.15) is 0 Å². The van der Waals surface area contributed by atoms with Crippen molar-refractivity contribution in [1.82, 2.24) is 15.1 Å². The highest BCUT2D eigenvalue weighted by Gasteiger charge is 2.25. The van der Waals surface area contributed by atoms with Crippen molar-refractivity contribution in [2.45, 2.75) is 45.3 Å². The summed E-state index contributed by atoms with van der Waals surface area (Å²) in [5.41, 5.74) is 0. The summed E-state index contributed by atoms with van der Waals surface area (Å²) in [4.78, 5) is 16.6. The fourth-order valence-corrected chi connectivity index (χ4v) is 3.07. The molecule has 0 spiro atoms. The third kappa shape index (κ3) is 4.72. The molecule has 2 aliphatic rings. The molecule has 2 unspecified atom stereocenters. The van der Waals surface area contributed by atoms with Gasteiger partial charge in [-0.25, -0.2) is 0 Å². The number of amides is 1. The van der Waals surface area contributed by atoms with Gasteiger partial charge in [0.05, 0.1) is 6.10 Å². The fraction of sp³-hybridized carbons (Fsp3) is 0.933. The Bertz CT molecular complexity index is 297. The molecule has 2 rings (SSSR count). The SMILES string of the molecule is CCNC(C)CC(=O)N1CCN(CC2CCCO2)CC1. The van der Waals surface area contributed by atoms with E-state index in [9.17, 15) is 4.79 Å². The van der Waals surface area contributed by atoms with Gasteiger partial charge in [-0.15, -0.1) is 0 Å². The molecular weight excluding hydrogens is 254 g/mol. The summed E-state index contributed by atoms with van der Waals surface area (Å²) in [5.74, 6) is 0.287. The highest BCUT2D eigenvalue weighted by Crippen LogP contribution is 2.14. The summed E-state index contributed by atoms with van der Waals surface area (Å²) in [7, 11) is 0. The lowest BCUT2D eigenvalue weighted by Crippen LogP contribution is -2.51. The van der Waals surface area contributed by atoms with Crippen LogP contribution in [0.4, 0.5) is 0 Å². The van der Waals surface area contributed by atoms with Crippen molar-refractivity contribution in [2.75, 3.05) is 45.9 Å². The van der Waals surface area contributed by atoms with Crippen LogP contribution in [0, 0.1) is 0 Å². The first kappa shape index (κ1) is 15.7. The minimum atomic E-state index is 0.275. The van der Waals surface area contributed by atoms with E-state index < -0.39 is 0 Å². The molecule has 0 aromatic rings. The predicted molar refractivity (Wildman–Crippen MR) is 79.7 cm³/mol. The summed E-state index contributed by atoms with van der Waals surface area (Å²) in [6.45, 7) is 10.7. The lowest BCUT2D eigenvalue weighted by molar-refractivity contribution is -0.133. The Hall–Kier alpha value is -0.650. The molecule has 0 radical (unpaired) electrons. The van der Waals surface area contributed by atoms with Gasteiger partial charge < -0.3 is 15.0 Å². The van der Waals surface area contributed by atoms with Crippen LogP contribution in [0.3, 0.4) is 0 Å². The molecule has 5 nitrogen and oxygen atoms in total. The van der Waals surface area contributed by atoms with E-state index in [1.807, 2.05) is 4.90 Å². The van der Waals surface area contributed by atoms with Gasteiger partial charge in [0, 0.05) is 51.8 Å². The number of rotatable bonds is 6. The fourth-order valence-electron chi connectivity index (χ4n) is 3.07. The molecule has 5 heteroatoms. The monoisotopic (exact) mass is 283 g/mol. The number of nitrogens with zero attached hydrogens (tertiary/aromatic N) is 2. The first-order valence-electron chi connectivity index (χ1n) is 8.04. The first-order valence-corrected chi connectivity index (χ1v) is 8.04. The lowest BCUT2D eigenvalue weighted by atomic mass is 10.2. The van der Waals surface area contributed by atoms with Crippen molar-refractivity contribution < 1.29 is 9.53 Å². The van der Waals surface area contributed by atoms with E-state index in [-0.39, 0.29) is 11.9 Å². The number of carbonyl (C=O) groups is 1. The van der Waals surface area contributed by atoms with Crippen LogP contribution in [0.1, 0.15) is 33.1 Å². The Balaban J connectivity index is 1.66. The van der Waals surface area contributed by atoms with Crippen molar-refractivity contribution in [1.29, 1.82) is 0 Å². The highest BCUT2D eigenvalue weighted by molar-refractivity contribution is 5.76. The van der Waals surface area contributed by atoms with Gasteiger partial charge in [-0.05, 0) is 26.3 Å². The number of nitrogens with one attached hydrogen (secondary N) is 1. The topological polar surface area (TPSA) is 44.8 Å². The van der Waals surface area contributed by atoms with E-state index >= 15 is 0 Å². The zero-order chi connectivity index (χ0) is 14.4. The molecule has 2 atom stereocenters. The smallest absolute Gasteiger partial charge is 0.224 e. The maximum Gasteiger partial charge on any atom is 0.224 e. The van der Waals surface area contributed by atoms with Crippen molar-refractivity contribution in [3.63, 3.8) is 0 Å². The van der Waals surface area contributed by atoms with Crippen LogP contribution >= 0.6 is 0 Å². The zero-order valence-corrected chi connectivity index (χ0v) is 12.9. The van der Waals surface area contributed by atoms with Crippen LogP contribution in [0.25, 0.3) is 0 Å². The van der Waals surface area contributed by atoms with Crippen LogP contribution in [0.15, 0.2) is 0 Å². The van der Waals surface area contributed by atoms with Crippen molar-refractivity contribution in [3.05, 3.63) is 0 Å². The van der Waals surface area contributed by atoms with Crippen molar-refractivity contribution in [2.24, 2.45) is 0 Å². The average molecular weight is 283 g/mol. The maximum atomic E-state index is 12.2. The highest BCUT2D eigenvalue weighted by atomic mass is 16.5. The average Bonchev–Trinajstić information content (AvgIpc) is 2.92. The molecule has 0 aromatic carbocycles. The number of ether oxygens (including phenoxy) is 1.